The van der Waals surface area contributed by atoms with Crippen molar-refractivity contribution in [1.29, 1.82) is 0 Å². The Balaban J connectivity index is 1.71. The lowest BCUT2D eigenvalue weighted by Crippen LogP contribution is -2.36. The number of carbonyl (C=O) groups excluding carboxylic acids is 1. The lowest BCUT2D eigenvalue weighted by molar-refractivity contribution is -0.607. The molecule has 0 unspecified atom stereocenters. The minimum absolute atomic E-state index is 0.0352. The molecule has 0 saturated carbocycles. The van der Waals surface area contributed by atoms with Gasteiger partial charge in [-0.15, -0.1) is 22.7 Å². The van der Waals surface area contributed by atoms with Gasteiger partial charge in [0, 0.05) is 17.0 Å². The molecule has 1 N–H and O–H groups in total. The number of pyridine rings is 1. The Bertz CT molecular complexity index is 956. The number of nitrogens with one attached hydrogen (secondary N) is 1. The smallest absolute Gasteiger partial charge is 0.323 e. The van der Waals surface area contributed by atoms with E-state index in [4.69, 9.17) is 0 Å². The molecular formula is C17H11N3O2S3. The summed E-state index contributed by atoms with van der Waals surface area (Å²) in [5.74, 6) is -0.472. The standard InChI is InChI=1S/C17H11N3O2S3/c21-16(11-5-1-2-8-20(11)22)19-17-18-14(12-6-3-9-23-12)15(25-17)13-7-4-10-24-13/h1-10H,(H,18,19,21). The van der Waals surface area contributed by atoms with Gasteiger partial charge in [-0.2, -0.15) is 4.73 Å². The van der Waals surface area contributed by atoms with Gasteiger partial charge in [0.15, 0.2) is 11.3 Å². The lowest BCUT2D eigenvalue weighted by Gasteiger charge is -2.02. The van der Waals surface area contributed by atoms with Gasteiger partial charge >= 0.3 is 5.91 Å². The summed E-state index contributed by atoms with van der Waals surface area (Å²) < 4.78 is 0.545. The molecule has 8 heteroatoms. The van der Waals surface area contributed by atoms with Gasteiger partial charge in [-0.3, -0.25) is 10.1 Å². The van der Waals surface area contributed by atoms with E-state index in [0.29, 0.717) is 9.86 Å². The maximum atomic E-state index is 12.4. The third-order valence-electron chi connectivity index (χ3n) is 3.40. The molecule has 0 aliphatic heterocycles. The molecule has 0 atom stereocenters. The third kappa shape index (κ3) is 3.19. The van der Waals surface area contributed by atoms with Gasteiger partial charge in [-0.1, -0.05) is 23.5 Å². The summed E-state index contributed by atoms with van der Waals surface area (Å²) in [6.45, 7) is 0. The highest BCUT2D eigenvalue weighted by Crippen LogP contribution is 2.42. The third-order valence-corrected chi connectivity index (χ3v) is 6.30. The maximum Gasteiger partial charge on any atom is 0.323 e. The summed E-state index contributed by atoms with van der Waals surface area (Å²) >= 11 is 4.63. The first-order valence-corrected chi connectivity index (χ1v) is 9.88. The van der Waals surface area contributed by atoms with Crippen molar-refractivity contribution in [1.82, 2.24) is 4.98 Å². The van der Waals surface area contributed by atoms with Crippen LogP contribution in [-0.4, -0.2) is 10.9 Å². The summed E-state index contributed by atoms with van der Waals surface area (Å²) in [5.41, 5.74) is 0.883. The molecule has 0 aromatic carbocycles. The van der Waals surface area contributed by atoms with Crippen LogP contribution in [0.25, 0.3) is 20.3 Å². The molecule has 4 aromatic heterocycles. The zero-order valence-electron chi connectivity index (χ0n) is 12.7. The normalized spacial score (nSPS) is 10.7. The van der Waals surface area contributed by atoms with Gasteiger partial charge in [0.2, 0.25) is 0 Å². The SMILES string of the molecule is O=C(Nc1nc(-c2cccs2)c(-c2cccs2)s1)c1cccc[n+]1[O-]. The number of rotatable bonds is 4. The molecule has 124 valence electrons. The number of hydrogen-bond donors (Lipinski definition) is 1. The van der Waals surface area contributed by atoms with Gasteiger partial charge in [-0.25, -0.2) is 4.98 Å². The Labute approximate surface area is 155 Å². The maximum absolute atomic E-state index is 12.4. The van der Waals surface area contributed by atoms with Crippen molar-refractivity contribution in [3.8, 4) is 20.3 Å². The fourth-order valence-electron chi connectivity index (χ4n) is 2.29. The van der Waals surface area contributed by atoms with Crippen molar-refractivity contribution >= 4 is 45.0 Å². The first-order chi connectivity index (χ1) is 12.2. The molecule has 5 nitrogen and oxygen atoms in total. The van der Waals surface area contributed by atoms with Crippen LogP contribution in [-0.2, 0) is 0 Å². The van der Waals surface area contributed by atoms with E-state index in [1.165, 1.54) is 23.6 Å². The number of nitrogens with zero attached hydrogens (tertiary/aromatic N) is 2. The molecule has 4 rings (SSSR count). The first-order valence-electron chi connectivity index (χ1n) is 7.30. The van der Waals surface area contributed by atoms with Crippen molar-refractivity contribution in [2.45, 2.75) is 0 Å². The number of thiazole rings is 1. The monoisotopic (exact) mass is 385 g/mol. The van der Waals surface area contributed by atoms with E-state index < -0.39 is 5.91 Å². The number of aromatic nitrogens is 2. The van der Waals surface area contributed by atoms with Crippen LogP contribution in [0.5, 0.6) is 0 Å². The van der Waals surface area contributed by atoms with Crippen LogP contribution < -0.4 is 10.0 Å². The Morgan fingerprint density at radius 2 is 1.80 bits per heavy atom. The number of carbonyl (C=O) groups is 1. The molecular weight excluding hydrogens is 374 g/mol. The average Bonchev–Trinajstić information content (AvgIpc) is 3.36. The molecule has 0 aliphatic rings. The summed E-state index contributed by atoms with van der Waals surface area (Å²) in [7, 11) is 0. The van der Waals surface area contributed by atoms with Crippen LogP contribution in [0, 0.1) is 5.21 Å². The molecule has 0 aliphatic carbocycles. The van der Waals surface area contributed by atoms with Crippen LogP contribution in [0.1, 0.15) is 10.5 Å². The van der Waals surface area contributed by atoms with Gasteiger partial charge in [0.25, 0.3) is 5.69 Å². The molecule has 0 fully saturated rings. The number of thiophene rings is 2. The van der Waals surface area contributed by atoms with Crippen LogP contribution in [0.3, 0.4) is 0 Å². The molecule has 1 amide bonds. The Hall–Kier alpha value is -2.55. The topological polar surface area (TPSA) is 68.9 Å². The zero-order chi connectivity index (χ0) is 17.2. The van der Waals surface area contributed by atoms with Gasteiger partial charge in [0.05, 0.1) is 9.75 Å². The minimum atomic E-state index is -0.472. The molecule has 0 spiro atoms. The predicted molar refractivity (Wildman–Crippen MR) is 102 cm³/mol. The Kier molecular flexibility index (Phi) is 4.31. The number of hydrogen-bond acceptors (Lipinski definition) is 6. The van der Waals surface area contributed by atoms with Crippen LogP contribution in [0.15, 0.2) is 59.4 Å². The fraction of sp³-hybridized carbons (Fsp3) is 0. The Morgan fingerprint density at radius 1 is 1.04 bits per heavy atom. The van der Waals surface area contributed by atoms with E-state index in [9.17, 15) is 10.0 Å². The van der Waals surface area contributed by atoms with E-state index in [2.05, 4.69) is 10.3 Å². The Morgan fingerprint density at radius 3 is 2.48 bits per heavy atom. The molecule has 4 heterocycles. The van der Waals surface area contributed by atoms with Gasteiger partial charge in [0.1, 0.15) is 5.69 Å². The summed E-state index contributed by atoms with van der Waals surface area (Å²) in [5, 5.41) is 19.0. The van der Waals surface area contributed by atoms with Gasteiger partial charge < -0.3 is 5.21 Å². The second kappa shape index (κ2) is 6.75. The highest BCUT2D eigenvalue weighted by atomic mass is 32.1. The minimum Gasteiger partial charge on any atom is -0.618 e. The molecule has 25 heavy (non-hydrogen) atoms. The van der Waals surface area contributed by atoms with E-state index >= 15 is 0 Å². The molecule has 4 aromatic rings. The lowest BCUT2D eigenvalue weighted by atomic mass is 10.3. The summed E-state index contributed by atoms with van der Waals surface area (Å²) in [6.07, 6.45) is 1.30. The average molecular weight is 385 g/mol. The van der Waals surface area contributed by atoms with Crippen molar-refractivity contribution in [3.63, 3.8) is 0 Å². The van der Waals surface area contributed by atoms with Crippen LogP contribution in [0.4, 0.5) is 5.13 Å². The highest BCUT2D eigenvalue weighted by molar-refractivity contribution is 7.24. The van der Waals surface area contributed by atoms with E-state index in [1.54, 1.807) is 34.8 Å². The fourth-order valence-corrected chi connectivity index (χ4v) is 4.91. The van der Waals surface area contributed by atoms with E-state index in [1.807, 2.05) is 35.0 Å². The zero-order valence-corrected chi connectivity index (χ0v) is 15.2. The summed E-state index contributed by atoms with van der Waals surface area (Å²) in [6, 6.07) is 12.7. The second-order valence-corrected chi connectivity index (χ2v) is 7.91. The predicted octanol–water partition coefficient (Wildman–Crippen LogP) is 4.49. The van der Waals surface area contributed by atoms with Crippen molar-refractivity contribution in [2.75, 3.05) is 5.32 Å². The highest BCUT2D eigenvalue weighted by Gasteiger charge is 2.21. The van der Waals surface area contributed by atoms with E-state index in [-0.39, 0.29) is 5.69 Å². The van der Waals surface area contributed by atoms with E-state index in [0.717, 1.165) is 20.3 Å². The first kappa shape index (κ1) is 15.9. The van der Waals surface area contributed by atoms with Crippen molar-refractivity contribution in [2.24, 2.45) is 0 Å². The largest absolute Gasteiger partial charge is 0.618 e. The van der Waals surface area contributed by atoms with Crippen molar-refractivity contribution < 1.29 is 9.52 Å². The van der Waals surface area contributed by atoms with Crippen LogP contribution >= 0.6 is 34.0 Å². The van der Waals surface area contributed by atoms with Gasteiger partial charge in [-0.05, 0) is 29.0 Å². The van der Waals surface area contributed by atoms with Crippen LogP contribution in [0.2, 0.25) is 0 Å². The quantitative estimate of drug-likeness (QED) is 0.416. The second-order valence-electron chi connectivity index (χ2n) is 5.02. The summed E-state index contributed by atoms with van der Waals surface area (Å²) in [4.78, 5) is 20.1. The molecule has 0 bridgehead atoms. The van der Waals surface area contributed by atoms with Crippen molar-refractivity contribution in [3.05, 3.63) is 70.3 Å². The number of anilines is 1. The molecule has 0 radical (unpaired) electrons. The molecule has 0 saturated heterocycles. The number of amides is 1.